The predicted molar refractivity (Wildman–Crippen MR) is 47.7 cm³/mol. The van der Waals surface area contributed by atoms with E-state index in [2.05, 4.69) is 5.32 Å². The first-order valence-corrected chi connectivity index (χ1v) is 4.36. The fraction of sp³-hybridized carbons (Fsp3) is 0.400. The number of hydrogen-bond donors (Lipinski definition) is 1. The minimum absolute atomic E-state index is 0.223. The van der Waals surface area contributed by atoms with E-state index in [0.717, 1.165) is 6.54 Å². The van der Waals surface area contributed by atoms with Crippen molar-refractivity contribution in [2.45, 2.75) is 12.6 Å². The zero-order chi connectivity index (χ0) is 9.31. The quantitative estimate of drug-likeness (QED) is 0.710. The third-order valence-electron chi connectivity index (χ3n) is 2.34. The molecule has 1 aliphatic heterocycles. The summed E-state index contributed by atoms with van der Waals surface area (Å²) in [6.07, 6.45) is 0. The van der Waals surface area contributed by atoms with Crippen LogP contribution in [0.5, 0.6) is 0 Å². The van der Waals surface area contributed by atoms with Crippen LogP contribution in [0.2, 0.25) is 0 Å². The fourth-order valence-electron chi connectivity index (χ4n) is 1.62. The van der Waals surface area contributed by atoms with E-state index in [9.17, 15) is 4.39 Å². The Morgan fingerprint density at radius 3 is 2.85 bits per heavy atom. The maximum Gasteiger partial charge on any atom is 0.145 e. The van der Waals surface area contributed by atoms with E-state index >= 15 is 0 Å². The molecular weight excluding hydrogens is 169 g/mol. The van der Waals surface area contributed by atoms with Crippen molar-refractivity contribution in [3.8, 4) is 0 Å². The summed E-state index contributed by atoms with van der Waals surface area (Å²) in [6.45, 7) is 3.24. The molecule has 3 heteroatoms. The number of ether oxygens (including phenoxy) is 1. The molecule has 0 bridgehead atoms. The molecule has 0 radical (unpaired) electrons. The molecule has 1 aromatic carbocycles. The van der Waals surface area contributed by atoms with Crippen molar-refractivity contribution in [1.29, 1.82) is 0 Å². The van der Waals surface area contributed by atoms with E-state index in [0.29, 0.717) is 12.2 Å². The molecule has 1 saturated heterocycles. The van der Waals surface area contributed by atoms with Gasteiger partial charge in [-0.2, -0.15) is 0 Å². The fourth-order valence-corrected chi connectivity index (χ4v) is 1.62. The van der Waals surface area contributed by atoms with Gasteiger partial charge in [0.25, 0.3) is 0 Å². The second-order valence-corrected chi connectivity index (χ2v) is 3.29. The molecule has 1 aliphatic rings. The van der Waals surface area contributed by atoms with Crippen LogP contribution in [0.1, 0.15) is 12.5 Å². The second-order valence-electron chi connectivity index (χ2n) is 3.29. The molecule has 70 valence electrons. The predicted octanol–water partition coefficient (Wildman–Crippen LogP) is 1.62. The summed E-state index contributed by atoms with van der Waals surface area (Å²) in [5.41, 5.74) is -0.0711. The second kappa shape index (κ2) is 3.09. The molecule has 1 fully saturated rings. The van der Waals surface area contributed by atoms with E-state index < -0.39 is 5.72 Å². The van der Waals surface area contributed by atoms with E-state index in [4.69, 9.17) is 4.74 Å². The Morgan fingerprint density at radius 2 is 2.23 bits per heavy atom. The lowest BCUT2D eigenvalue weighted by molar-refractivity contribution is -0.000383. The Balaban J connectivity index is 2.39. The molecule has 1 heterocycles. The van der Waals surface area contributed by atoms with Crippen LogP contribution >= 0.6 is 0 Å². The number of rotatable bonds is 1. The van der Waals surface area contributed by atoms with E-state index in [-0.39, 0.29) is 5.82 Å². The number of benzene rings is 1. The van der Waals surface area contributed by atoms with Gasteiger partial charge in [-0.05, 0) is 13.0 Å². The Labute approximate surface area is 76.7 Å². The molecule has 0 aromatic heterocycles. The van der Waals surface area contributed by atoms with Crippen molar-refractivity contribution < 1.29 is 9.13 Å². The lowest BCUT2D eigenvalue weighted by atomic mass is 10.0. The van der Waals surface area contributed by atoms with Gasteiger partial charge in [0.05, 0.1) is 6.61 Å². The van der Waals surface area contributed by atoms with Crippen molar-refractivity contribution in [2.75, 3.05) is 13.2 Å². The van der Waals surface area contributed by atoms with Gasteiger partial charge in [0, 0.05) is 12.1 Å². The summed E-state index contributed by atoms with van der Waals surface area (Å²) in [6, 6.07) is 6.68. The van der Waals surface area contributed by atoms with Crippen molar-refractivity contribution >= 4 is 0 Å². The van der Waals surface area contributed by atoms with E-state index in [1.165, 1.54) is 6.07 Å². The lowest BCUT2D eigenvalue weighted by Gasteiger charge is -2.24. The van der Waals surface area contributed by atoms with Gasteiger partial charge in [-0.3, -0.25) is 5.32 Å². The standard InChI is InChI=1S/C10H12FNO/c1-10(12-6-7-13-10)8-4-2-3-5-9(8)11/h2-5,12H,6-7H2,1H3. The molecule has 1 N–H and O–H groups in total. The Bertz CT molecular complexity index is 308. The van der Waals surface area contributed by atoms with Gasteiger partial charge in [-0.25, -0.2) is 4.39 Å². The van der Waals surface area contributed by atoms with Crippen molar-refractivity contribution in [3.05, 3.63) is 35.6 Å². The highest BCUT2D eigenvalue weighted by molar-refractivity contribution is 5.23. The normalized spacial score (nSPS) is 27.8. The molecule has 0 amide bonds. The van der Waals surface area contributed by atoms with Gasteiger partial charge in [0.15, 0.2) is 0 Å². The van der Waals surface area contributed by atoms with Crippen LogP contribution in [-0.4, -0.2) is 13.2 Å². The molecular formula is C10H12FNO. The molecule has 13 heavy (non-hydrogen) atoms. The highest BCUT2D eigenvalue weighted by atomic mass is 19.1. The Morgan fingerprint density at radius 1 is 1.46 bits per heavy atom. The molecule has 1 aromatic rings. The van der Waals surface area contributed by atoms with Crippen LogP contribution in [0.3, 0.4) is 0 Å². The van der Waals surface area contributed by atoms with E-state index in [1.54, 1.807) is 12.1 Å². The van der Waals surface area contributed by atoms with Gasteiger partial charge >= 0.3 is 0 Å². The SMILES string of the molecule is CC1(c2ccccc2F)NCCO1. The minimum atomic E-state index is -0.647. The molecule has 0 saturated carbocycles. The molecule has 1 unspecified atom stereocenters. The zero-order valence-corrected chi connectivity index (χ0v) is 7.51. The first-order chi connectivity index (χ1) is 6.22. The Kier molecular flexibility index (Phi) is 2.06. The minimum Gasteiger partial charge on any atom is -0.355 e. The maximum absolute atomic E-state index is 13.4. The van der Waals surface area contributed by atoms with Gasteiger partial charge in [0.1, 0.15) is 11.5 Å². The van der Waals surface area contributed by atoms with Crippen molar-refractivity contribution in [2.24, 2.45) is 0 Å². The number of hydrogen-bond acceptors (Lipinski definition) is 2. The summed E-state index contributed by atoms with van der Waals surface area (Å²) < 4.78 is 18.8. The maximum atomic E-state index is 13.4. The van der Waals surface area contributed by atoms with Crippen LogP contribution in [0.15, 0.2) is 24.3 Å². The summed E-state index contributed by atoms with van der Waals surface area (Å²) in [5.74, 6) is -0.223. The average molecular weight is 181 g/mol. The molecule has 1 atom stereocenters. The van der Waals surface area contributed by atoms with Crippen LogP contribution in [-0.2, 0) is 10.5 Å². The van der Waals surface area contributed by atoms with Crippen LogP contribution in [0, 0.1) is 5.82 Å². The topological polar surface area (TPSA) is 21.3 Å². The van der Waals surface area contributed by atoms with Gasteiger partial charge in [-0.15, -0.1) is 0 Å². The van der Waals surface area contributed by atoms with Gasteiger partial charge < -0.3 is 4.74 Å². The third kappa shape index (κ3) is 1.45. The lowest BCUT2D eigenvalue weighted by Crippen LogP contribution is -2.35. The van der Waals surface area contributed by atoms with Crippen LogP contribution < -0.4 is 5.32 Å². The summed E-state index contributed by atoms with van der Waals surface area (Å²) in [5, 5.41) is 3.13. The summed E-state index contributed by atoms with van der Waals surface area (Å²) in [7, 11) is 0. The molecule has 2 nitrogen and oxygen atoms in total. The molecule has 0 aliphatic carbocycles. The summed E-state index contributed by atoms with van der Waals surface area (Å²) >= 11 is 0. The van der Waals surface area contributed by atoms with Gasteiger partial charge in [-0.1, -0.05) is 18.2 Å². The van der Waals surface area contributed by atoms with Crippen LogP contribution in [0.4, 0.5) is 4.39 Å². The largest absolute Gasteiger partial charge is 0.355 e. The highest BCUT2D eigenvalue weighted by Crippen LogP contribution is 2.27. The van der Waals surface area contributed by atoms with E-state index in [1.807, 2.05) is 13.0 Å². The summed E-state index contributed by atoms with van der Waals surface area (Å²) in [4.78, 5) is 0. The van der Waals surface area contributed by atoms with Crippen molar-refractivity contribution in [3.63, 3.8) is 0 Å². The number of nitrogens with one attached hydrogen (secondary N) is 1. The third-order valence-corrected chi connectivity index (χ3v) is 2.34. The molecule has 0 spiro atoms. The number of halogens is 1. The highest BCUT2D eigenvalue weighted by Gasteiger charge is 2.33. The van der Waals surface area contributed by atoms with Crippen molar-refractivity contribution in [1.82, 2.24) is 5.32 Å². The average Bonchev–Trinajstić information content (AvgIpc) is 2.54. The van der Waals surface area contributed by atoms with Gasteiger partial charge in [0.2, 0.25) is 0 Å². The monoisotopic (exact) mass is 181 g/mol. The van der Waals surface area contributed by atoms with Crippen LogP contribution in [0.25, 0.3) is 0 Å². The smallest absolute Gasteiger partial charge is 0.145 e. The molecule has 2 rings (SSSR count). The zero-order valence-electron chi connectivity index (χ0n) is 7.51. The first kappa shape index (κ1) is 8.66. The Hall–Kier alpha value is -0.930. The first-order valence-electron chi connectivity index (χ1n) is 4.36.